The highest BCUT2D eigenvalue weighted by atomic mass is 32.1. The van der Waals surface area contributed by atoms with Crippen molar-refractivity contribution in [3.05, 3.63) is 175 Å². The van der Waals surface area contributed by atoms with Crippen LogP contribution in [0.3, 0.4) is 0 Å². The minimum atomic E-state index is 0.681. The lowest BCUT2D eigenvalue weighted by Crippen LogP contribution is -2.09. The number of hydrogen-bond acceptors (Lipinski definition) is 4. The molecule has 232 valence electrons. The van der Waals surface area contributed by atoms with Crippen molar-refractivity contribution in [3.63, 3.8) is 0 Å². The summed E-state index contributed by atoms with van der Waals surface area (Å²) < 4.78 is 2.55. The van der Waals surface area contributed by atoms with E-state index in [1.807, 2.05) is 59.9 Å². The van der Waals surface area contributed by atoms with Crippen molar-refractivity contribution >= 4 is 70.1 Å². The predicted octanol–water partition coefficient (Wildman–Crippen LogP) is 12.9. The lowest BCUT2D eigenvalue weighted by molar-refractivity contribution is 1.29. The van der Waals surface area contributed by atoms with Crippen LogP contribution in [0, 0.1) is 22.7 Å². The zero-order valence-electron chi connectivity index (χ0n) is 26.8. The first kappa shape index (κ1) is 29.4. The molecular weight excluding hydrogens is 627 g/mol. The summed E-state index contributed by atoms with van der Waals surface area (Å²) in [6, 6.07) is 61.6. The van der Waals surface area contributed by atoms with Gasteiger partial charge in [-0.2, -0.15) is 10.5 Å². The second-order valence-corrected chi connectivity index (χ2v) is 13.4. The molecule has 0 fully saturated rings. The van der Waals surface area contributed by atoms with Crippen LogP contribution in [-0.2, 0) is 0 Å². The van der Waals surface area contributed by atoms with E-state index in [9.17, 15) is 10.5 Å². The molecule has 0 N–H and O–H groups in total. The molecule has 0 aliphatic carbocycles. The first-order chi connectivity index (χ1) is 24.7. The third-order valence-corrected chi connectivity index (χ3v) is 10.7. The summed E-state index contributed by atoms with van der Waals surface area (Å²) in [5.41, 5.74) is 8.92. The Kier molecular flexibility index (Phi) is 7.10. The predicted molar refractivity (Wildman–Crippen MR) is 209 cm³/mol. The number of thiophene rings is 1. The van der Waals surface area contributed by atoms with Crippen molar-refractivity contribution < 1.29 is 0 Å². The molecule has 0 atom stereocenters. The van der Waals surface area contributed by atoms with Crippen molar-refractivity contribution in [1.29, 1.82) is 10.5 Å². The quantitative estimate of drug-likeness (QED) is 0.186. The summed E-state index contributed by atoms with van der Waals surface area (Å²) in [7, 11) is 0. The van der Waals surface area contributed by atoms with E-state index in [0.717, 1.165) is 60.9 Å². The van der Waals surface area contributed by atoms with E-state index in [1.54, 1.807) is 0 Å². The van der Waals surface area contributed by atoms with Crippen molar-refractivity contribution in [2.24, 2.45) is 0 Å². The monoisotopic (exact) mass is 653 g/mol. The number of benzene rings is 8. The van der Waals surface area contributed by atoms with Crippen LogP contribution in [0.4, 0.5) is 17.1 Å². The zero-order chi connectivity index (χ0) is 33.6. The molecule has 0 saturated carbocycles. The second-order valence-electron chi connectivity index (χ2n) is 12.3. The summed E-state index contributed by atoms with van der Waals surface area (Å²) in [5, 5.41) is 26.0. The molecule has 0 amide bonds. The van der Waals surface area contributed by atoms with Gasteiger partial charge in [-0.1, -0.05) is 103 Å². The van der Waals surface area contributed by atoms with Gasteiger partial charge in [0.15, 0.2) is 0 Å². The van der Waals surface area contributed by atoms with Crippen LogP contribution < -0.4 is 4.90 Å². The lowest BCUT2D eigenvalue weighted by atomic mass is 9.95. The summed E-state index contributed by atoms with van der Waals surface area (Å²) in [5.74, 6) is 0. The SMILES string of the molecule is N#Cc1ccc(-c2ccc(N(c3ccc(-c4ccc(C#N)c5ccccc45)cc3)c3ccc4sc5ccccc5c4c3)cc2)c2ccccc12. The third kappa shape index (κ3) is 4.87. The molecule has 1 aromatic heterocycles. The summed E-state index contributed by atoms with van der Waals surface area (Å²) in [6.45, 7) is 0. The van der Waals surface area contributed by atoms with Crippen LogP contribution in [0.2, 0.25) is 0 Å². The molecule has 0 aliphatic rings. The fraction of sp³-hybridized carbons (Fsp3) is 0. The van der Waals surface area contributed by atoms with Crippen LogP contribution in [0.25, 0.3) is 64.0 Å². The molecule has 1 heterocycles. The Balaban J connectivity index is 1.17. The van der Waals surface area contributed by atoms with Gasteiger partial charge in [-0.25, -0.2) is 0 Å². The second kappa shape index (κ2) is 12.1. The molecule has 4 heteroatoms. The molecule has 0 aliphatic heterocycles. The summed E-state index contributed by atoms with van der Waals surface area (Å²) in [4.78, 5) is 2.31. The molecule has 8 aromatic carbocycles. The Morgan fingerprint density at radius 3 is 1.34 bits per heavy atom. The van der Waals surface area contributed by atoms with Gasteiger partial charge in [-0.3, -0.25) is 0 Å². The van der Waals surface area contributed by atoms with E-state index in [4.69, 9.17) is 0 Å². The summed E-state index contributed by atoms with van der Waals surface area (Å²) >= 11 is 1.82. The van der Waals surface area contributed by atoms with Crippen LogP contribution in [0.15, 0.2) is 164 Å². The zero-order valence-corrected chi connectivity index (χ0v) is 27.7. The fourth-order valence-corrected chi connectivity index (χ4v) is 8.26. The average molecular weight is 654 g/mol. The van der Waals surface area contributed by atoms with Crippen molar-refractivity contribution in [3.8, 4) is 34.4 Å². The summed E-state index contributed by atoms with van der Waals surface area (Å²) in [6.07, 6.45) is 0. The van der Waals surface area contributed by atoms with Gasteiger partial charge in [0.2, 0.25) is 0 Å². The minimum Gasteiger partial charge on any atom is -0.310 e. The van der Waals surface area contributed by atoms with Crippen LogP contribution in [-0.4, -0.2) is 0 Å². The highest BCUT2D eigenvalue weighted by molar-refractivity contribution is 7.25. The van der Waals surface area contributed by atoms with E-state index in [-0.39, 0.29) is 0 Å². The average Bonchev–Trinajstić information content (AvgIpc) is 3.56. The van der Waals surface area contributed by atoms with Gasteiger partial charge >= 0.3 is 0 Å². The Morgan fingerprint density at radius 2 is 0.820 bits per heavy atom. The number of fused-ring (bicyclic) bond motifs is 5. The first-order valence-corrected chi connectivity index (χ1v) is 17.3. The van der Waals surface area contributed by atoms with Gasteiger partial charge in [-0.05, 0) is 93.7 Å². The minimum absolute atomic E-state index is 0.681. The smallest absolute Gasteiger partial charge is 0.0998 e. The van der Waals surface area contributed by atoms with E-state index in [0.29, 0.717) is 11.1 Å². The van der Waals surface area contributed by atoms with Crippen molar-refractivity contribution in [1.82, 2.24) is 0 Å². The number of rotatable bonds is 5. The molecule has 0 radical (unpaired) electrons. The molecule has 9 aromatic rings. The van der Waals surface area contributed by atoms with E-state index in [1.165, 1.54) is 20.2 Å². The van der Waals surface area contributed by atoms with Gasteiger partial charge in [0.05, 0.1) is 23.3 Å². The Morgan fingerprint density at radius 1 is 0.380 bits per heavy atom. The third-order valence-electron chi connectivity index (χ3n) is 9.58. The number of hydrogen-bond donors (Lipinski definition) is 0. The van der Waals surface area contributed by atoms with Crippen LogP contribution >= 0.6 is 11.3 Å². The molecular formula is C46H27N3S. The van der Waals surface area contributed by atoms with Gasteiger partial charge in [-0.15, -0.1) is 11.3 Å². The topological polar surface area (TPSA) is 50.8 Å². The van der Waals surface area contributed by atoms with Crippen molar-refractivity contribution in [2.75, 3.05) is 4.90 Å². The number of nitrogens with zero attached hydrogens (tertiary/aromatic N) is 3. The Bertz CT molecular complexity index is 2690. The van der Waals surface area contributed by atoms with E-state index < -0.39 is 0 Å². The Labute approximate surface area is 293 Å². The van der Waals surface area contributed by atoms with Crippen LogP contribution in [0.5, 0.6) is 0 Å². The maximum absolute atomic E-state index is 9.71. The normalized spacial score (nSPS) is 11.2. The van der Waals surface area contributed by atoms with Crippen molar-refractivity contribution in [2.45, 2.75) is 0 Å². The van der Waals surface area contributed by atoms with Gasteiger partial charge in [0.25, 0.3) is 0 Å². The first-order valence-electron chi connectivity index (χ1n) is 16.5. The molecule has 0 bridgehead atoms. The van der Waals surface area contributed by atoms with Gasteiger partial charge < -0.3 is 4.90 Å². The highest BCUT2D eigenvalue weighted by Crippen LogP contribution is 2.42. The maximum Gasteiger partial charge on any atom is 0.0998 e. The van der Waals surface area contributed by atoms with Gasteiger partial charge in [0.1, 0.15) is 0 Å². The van der Waals surface area contributed by atoms with Crippen LogP contribution in [0.1, 0.15) is 11.1 Å². The molecule has 0 saturated heterocycles. The molecule has 50 heavy (non-hydrogen) atoms. The van der Waals surface area contributed by atoms with E-state index in [2.05, 4.69) is 132 Å². The Hall–Kier alpha value is -6.72. The largest absolute Gasteiger partial charge is 0.310 e. The molecule has 0 unspecified atom stereocenters. The molecule has 0 spiro atoms. The van der Waals surface area contributed by atoms with Gasteiger partial charge in [0, 0.05) is 48.0 Å². The highest BCUT2D eigenvalue weighted by Gasteiger charge is 2.17. The molecule has 9 rings (SSSR count). The number of nitriles is 2. The standard InChI is InChI=1S/C46H27N3S/c47-28-32-17-24-39(41-9-3-1-7-37(32)41)30-13-19-34(20-14-30)49(36-23-26-46-44(27-36)43-11-5-6-12-45(43)50-46)35-21-15-31(16-22-35)40-25-18-33(29-48)38-8-2-4-10-42(38)40/h1-27H. The maximum atomic E-state index is 9.71. The number of anilines is 3. The van der Waals surface area contributed by atoms with E-state index >= 15 is 0 Å². The molecule has 3 nitrogen and oxygen atoms in total. The fourth-order valence-electron chi connectivity index (χ4n) is 7.18. The lowest BCUT2D eigenvalue weighted by Gasteiger charge is -2.26.